The lowest BCUT2D eigenvalue weighted by atomic mass is 9.98. The van der Waals surface area contributed by atoms with Crippen LogP contribution in [-0.2, 0) is 9.53 Å². The zero-order valence-electron chi connectivity index (χ0n) is 8.83. The number of alkyl halides is 1. The van der Waals surface area contributed by atoms with E-state index in [0.29, 0.717) is 0 Å². The van der Waals surface area contributed by atoms with Gasteiger partial charge in [-0.2, -0.15) is 0 Å². The molecule has 0 saturated carbocycles. The highest BCUT2D eigenvalue weighted by Gasteiger charge is 2.34. The Bertz CT molecular complexity index is 199. The summed E-state index contributed by atoms with van der Waals surface area (Å²) in [5.74, 6) is 0.317. The zero-order chi connectivity index (χ0) is 10.6. The molecular weight excluding hydrogens is 246 g/mol. The van der Waals surface area contributed by atoms with E-state index in [1.807, 2.05) is 7.05 Å². The van der Waals surface area contributed by atoms with E-state index in [2.05, 4.69) is 22.9 Å². The first-order valence-electron chi connectivity index (χ1n) is 5.13. The van der Waals surface area contributed by atoms with Crippen LogP contribution in [-0.4, -0.2) is 42.4 Å². The van der Waals surface area contributed by atoms with Gasteiger partial charge in [0.05, 0.1) is 12.0 Å². The fraction of sp³-hybridized carbons (Fsp3) is 0.900. The van der Waals surface area contributed by atoms with Crippen molar-refractivity contribution in [1.29, 1.82) is 0 Å². The van der Waals surface area contributed by atoms with Crippen molar-refractivity contribution >= 4 is 21.8 Å². The monoisotopic (exact) mass is 263 g/mol. The molecule has 0 spiro atoms. The first-order chi connectivity index (χ1) is 6.70. The quantitative estimate of drug-likeness (QED) is 0.723. The minimum Gasteiger partial charge on any atom is -0.377 e. The molecule has 1 amide bonds. The van der Waals surface area contributed by atoms with Crippen LogP contribution in [0.4, 0.5) is 0 Å². The van der Waals surface area contributed by atoms with Gasteiger partial charge in [0.1, 0.15) is 0 Å². The van der Waals surface area contributed by atoms with E-state index >= 15 is 0 Å². The molecule has 1 fully saturated rings. The van der Waals surface area contributed by atoms with Gasteiger partial charge in [0.15, 0.2) is 0 Å². The van der Waals surface area contributed by atoms with Gasteiger partial charge in [0.2, 0.25) is 5.91 Å². The van der Waals surface area contributed by atoms with E-state index in [4.69, 9.17) is 4.74 Å². The summed E-state index contributed by atoms with van der Waals surface area (Å²) in [5, 5.41) is 0.833. The fourth-order valence-electron chi connectivity index (χ4n) is 1.85. The molecule has 2 atom stereocenters. The standard InChI is InChI=1S/C10H18BrNO2/c1-3-9-8(4-7-14-9)10(13)12(2)6-5-11/h8-9H,3-7H2,1-2H3. The number of amides is 1. The molecule has 0 aromatic carbocycles. The summed E-state index contributed by atoms with van der Waals surface area (Å²) in [5.41, 5.74) is 0. The van der Waals surface area contributed by atoms with Crippen molar-refractivity contribution in [2.45, 2.75) is 25.9 Å². The molecule has 0 bridgehead atoms. The Labute approximate surface area is 93.9 Å². The second-order valence-electron chi connectivity index (χ2n) is 3.66. The molecule has 0 radical (unpaired) electrons. The third-order valence-electron chi connectivity index (χ3n) is 2.73. The molecule has 0 aromatic rings. The highest BCUT2D eigenvalue weighted by atomic mass is 79.9. The van der Waals surface area contributed by atoms with E-state index < -0.39 is 0 Å². The normalized spacial score (nSPS) is 26.5. The van der Waals surface area contributed by atoms with Crippen LogP contribution in [0.5, 0.6) is 0 Å². The van der Waals surface area contributed by atoms with Crippen molar-refractivity contribution in [1.82, 2.24) is 4.90 Å². The van der Waals surface area contributed by atoms with Crippen LogP contribution in [0.2, 0.25) is 0 Å². The third kappa shape index (κ3) is 2.70. The molecular formula is C10H18BrNO2. The molecule has 1 aliphatic rings. The first kappa shape index (κ1) is 12.0. The number of hydrogen-bond donors (Lipinski definition) is 0. The van der Waals surface area contributed by atoms with Crippen LogP contribution in [0.1, 0.15) is 19.8 Å². The Morgan fingerprint density at radius 2 is 2.36 bits per heavy atom. The van der Waals surface area contributed by atoms with Crippen LogP contribution in [0.3, 0.4) is 0 Å². The van der Waals surface area contributed by atoms with Crippen molar-refractivity contribution in [3.05, 3.63) is 0 Å². The summed E-state index contributed by atoms with van der Waals surface area (Å²) in [6, 6.07) is 0. The van der Waals surface area contributed by atoms with E-state index in [9.17, 15) is 4.79 Å². The van der Waals surface area contributed by atoms with Crippen LogP contribution < -0.4 is 0 Å². The first-order valence-corrected chi connectivity index (χ1v) is 6.25. The lowest BCUT2D eigenvalue weighted by molar-refractivity contribution is -0.135. The maximum absolute atomic E-state index is 11.9. The van der Waals surface area contributed by atoms with E-state index in [-0.39, 0.29) is 17.9 Å². The van der Waals surface area contributed by atoms with Crippen molar-refractivity contribution < 1.29 is 9.53 Å². The molecule has 0 aromatic heterocycles. The number of halogens is 1. The van der Waals surface area contributed by atoms with Gasteiger partial charge < -0.3 is 9.64 Å². The van der Waals surface area contributed by atoms with Crippen molar-refractivity contribution in [2.24, 2.45) is 5.92 Å². The van der Waals surface area contributed by atoms with Crippen LogP contribution >= 0.6 is 15.9 Å². The third-order valence-corrected chi connectivity index (χ3v) is 3.08. The van der Waals surface area contributed by atoms with E-state index in [1.165, 1.54) is 0 Å². The van der Waals surface area contributed by atoms with Crippen molar-refractivity contribution in [3.8, 4) is 0 Å². The number of ether oxygens (including phenoxy) is 1. The highest BCUT2D eigenvalue weighted by Crippen LogP contribution is 2.24. The lowest BCUT2D eigenvalue weighted by Crippen LogP contribution is -2.37. The fourth-order valence-corrected chi connectivity index (χ4v) is 2.39. The van der Waals surface area contributed by atoms with Crippen molar-refractivity contribution in [3.63, 3.8) is 0 Å². The molecule has 4 heteroatoms. The minimum atomic E-state index is 0.0871. The van der Waals surface area contributed by atoms with Crippen LogP contribution in [0.25, 0.3) is 0 Å². The Morgan fingerprint density at radius 1 is 1.64 bits per heavy atom. The van der Waals surface area contributed by atoms with Gasteiger partial charge in [-0.15, -0.1) is 0 Å². The summed E-state index contributed by atoms with van der Waals surface area (Å²) >= 11 is 3.33. The number of rotatable bonds is 4. The van der Waals surface area contributed by atoms with Gasteiger partial charge in [0.25, 0.3) is 0 Å². The second-order valence-corrected chi connectivity index (χ2v) is 4.45. The predicted octanol–water partition coefficient (Wildman–Crippen LogP) is 1.65. The van der Waals surface area contributed by atoms with Gasteiger partial charge in [-0.25, -0.2) is 0 Å². The Morgan fingerprint density at radius 3 is 2.93 bits per heavy atom. The van der Waals surface area contributed by atoms with Gasteiger partial charge in [0, 0.05) is 25.5 Å². The largest absolute Gasteiger partial charge is 0.377 e. The average molecular weight is 264 g/mol. The van der Waals surface area contributed by atoms with Gasteiger partial charge in [-0.1, -0.05) is 22.9 Å². The molecule has 2 unspecified atom stereocenters. The molecule has 1 saturated heterocycles. The number of carbonyl (C=O) groups excluding carboxylic acids is 1. The number of carbonyl (C=O) groups is 1. The molecule has 1 rings (SSSR count). The number of hydrogen-bond acceptors (Lipinski definition) is 2. The molecule has 14 heavy (non-hydrogen) atoms. The molecule has 82 valence electrons. The summed E-state index contributed by atoms with van der Waals surface area (Å²) in [6.07, 6.45) is 1.95. The zero-order valence-corrected chi connectivity index (χ0v) is 10.4. The predicted molar refractivity (Wildman–Crippen MR) is 59.6 cm³/mol. The van der Waals surface area contributed by atoms with Crippen LogP contribution in [0, 0.1) is 5.92 Å². The Hall–Kier alpha value is -0.0900. The average Bonchev–Trinajstić information content (AvgIpc) is 2.64. The molecule has 3 nitrogen and oxygen atoms in total. The molecule has 0 N–H and O–H groups in total. The van der Waals surface area contributed by atoms with E-state index in [0.717, 1.165) is 31.3 Å². The molecule has 1 aliphatic heterocycles. The Balaban J connectivity index is 2.50. The summed E-state index contributed by atoms with van der Waals surface area (Å²) in [7, 11) is 1.86. The summed E-state index contributed by atoms with van der Waals surface area (Å²) in [4.78, 5) is 13.7. The second kappa shape index (κ2) is 5.71. The summed E-state index contributed by atoms with van der Waals surface area (Å²) in [6.45, 7) is 3.57. The van der Waals surface area contributed by atoms with Gasteiger partial charge >= 0.3 is 0 Å². The van der Waals surface area contributed by atoms with E-state index in [1.54, 1.807) is 4.90 Å². The smallest absolute Gasteiger partial charge is 0.228 e. The topological polar surface area (TPSA) is 29.5 Å². The SMILES string of the molecule is CCC1OCCC1C(=O)N(C)CCBr. The van der Waals surface area contributed by atoms with Gasteiger partial charge in [-0.05, 0) is 12.8 Å². The molecule has 1 heterocycles. The number of nitrogens with zero attached hydrogens (tertiary/aromatic N) is 1. The van der Waals surface area contributed by atoms with Gasteiger partial charge in [-0.3, -0.25) is 4.79 Å². The maximum atomic E-state index is 11.9. The van der Waals surface area contributed by atoms with Crippen LogP contribution in [0.15, 0.2) is 0 Å². The minimum absolute atomic E-state index is 0.0871. The lowest BCUT2D eigenvalue weighted by Gasteiger charge is -2.22. The van der Waals surface area contributed by atoms with Crippen molar-refractivity contribution in [2.75, 3.05) is 25.5 Å². The Kier molecular flexibility index (Phi) is 4.89. The molecule has 0 aliphatic carbocycles. The maximum Gasteiger partial charge on any atom is 0.228 e. The summed E-state index contributed by atoms with van der Waals surface area (Å²) < 4.78 is 5.50. The highest BCUT2D eigenvalue weighted by molar-refractivity contribution is 9.09.